The Kier molecular flexibility index (Phi) is 5.62. The summed E-state index contributed by atoms with van der Waals surface area (Å²) in [6.07, 6.45) is 4.58. The van der Waals surface area contributed by atoms with Gasteiger partial charge in [0.15, 0.2) is 0 Å². The van der Waals surface area contributed by atoms with E-state index in [0.29, 0.717) is 40.8 Å². The van der Waals surface area contributed by atoms with Gasteiger partial charge in [-0.15, -0.1) is 0 Å². The van der Waals surface area contributed by atoms with E-state index >= 15 is 0 Å². The summed E-state index contributed by atoms with van der Waals surface area (Å²) in [6, 6.07) is 8.43. The largest absolute Gasteiger partial charge is 0.380 e. The monoisotopic (exact) mass is 415 g/mol. The summed E-state index contributed by atoms with van der Waals surface area (Å²) < 4.78 is 27.3. The predicted molar refractivity (Wildman–Crippen MR) is 110 cm³/mol. The molecule has 2 heterocycles. The number of anilines is 1. The lowest BCUT2D eigenvalue weighted by molar-refractivity contribution is 0.0725. The van der Waals surface area contributed by atoms with Crippen LogP contribution in [0.15, 0.2) is 42.6 Å². The smallest absolute Gasteiger partial charge is 0.257 e. The number of nitrogens with one attached hydrogen (secondary N) is 1. The fourth-order valence-electron chi connectivity index (χ4n) is 3.63. The second kappa shape index (κ2) is 8.33. The molecule has 0 spiro atoms. The average molecular weight is 416 g/mol. The number of carbonyl (C=O) groups excluding carboxylic acids is 1. The number of amides is 1. The molecule has 1 aliphatic heterocycles. The molecule has 1 N–H and O–H groups in total. The van der Waals surface area contributed by atoms with Crippen molar-refractivity contribution < 1.29 is 13.6 Å². The molecule has 0 radical (unpaired) electrons. The maximum atomic E-state index is 14.0. The Balaban J connectivity index is 1.73. The van der Waals surface area contributed by atoms with E-state index in [1.165, 1.54) is 30.5 Å². The second-order valence-electron chi connectivity index (χ2n) is 7.15. The Bertz CT molecular complexity index is 1070. The molecule has 0 aliphatic carbocycles. The number of nitrogens with zero attached hydrogens (tertiary/aromatic N) is 2. The molecule has 1 aromatic heterocycles. The van der Waals surface area contributed by atoms with Crippen LogP contribution in [-0.4, -0.2) is 28.9 Å². The summed E-state index contributed by atoms with van der Waals surface area (Å²) in [5.41, 5.74) is 2.15. The number of rotatable bonds is 4. The number of pyridine rings is 1. The number of benzene rings is 2. The van der Waals surface area contributed by atoms with E-state index in [0.717, 1.165) is 19.3 Å². The predicted octanol–water partition coefficient (Wildman–Crippen LogP) is 5.40. The van der Waals surface area contributed by atoms with Crippen molar-refractivity contribution in [2.24, 2.45) is 0 Å². The second-order valence-corrected chi connectivity index (χ2v) is 7.56. The lowest BCUT2D eigenvalue weighted by Gasteiger charge is -2.27. The first-order valence-corrected chi connectivity index (χ1v) is 9.96. The summed E-state index contributed by atoms with van der Waals surface area (Å²) >= 11 is 6.14. The first-order chi connectivity index (χ1) is 14.0. The van der Waals surface area contributed by atoms with Crippen LogP contribution in [0.2, 0.25) is 5.02 Å². The number of halogens is 3. The fraction of sp³-hybridized carbons (Fsp3) is 0.273. The van der Waals surface area contributed by atoms with Gasteiger partial charge in [0.05, 0.1) is 16.8 Å². The topological polar surface area (TPSA) is 45.2 Å². The van der Waals surface area contributed by atoms with Gasteiger partial charge >= 0.3 is 0 Å². The average Bonchev–Trinajstić information content (AvgIpc) is 2.73. The SMILES string of the molecule is O=C(c1cnc2ccc(F)cc2c1NCc1ccc(F)cc1Cl)N1CCCCC1. The van der Waals surface area contributed by atoms with E-state index < -0.39 is 11.6 Å². The van der Waals surface area contributed by atoms with Crippen LogP contribution in [0.3, 0.4) is 0 Å². The molecule has 1 saturated heterocycles. The van der Waals surface area contributed by atoms with E-state index in [2.05, 4.69) is 10.3 Å². The van der Waals surface area contributed by atoms with Gasteiger partial charge in [-0.1, -0.05) is 17.7 Å². The van der Waals surface area contributed by atoms with Crippen molar-refractivity contribution in [3.63, 3.8) is 0 Å². The third-order valence-corrected chi connectivity index (χ3v) is 5.53. The summed E-state index contributed by atoms with van der Waals surface area (Å²) in [6.45, 7) is 1.65. The number of likely N-dealkylation sites (tertiary alicyclic amines) is 1. The lowest BCUT2D eigenvalue weighted by Crippen LogP contribution is -2.36. The number of hydrogen-bond donors (Lipinski definition) is 1. The molecule has 0 bridgehead atoms. The van der Waals surface area contributed by atoms with Gasteiger partial charge in [-0.3, -0.25) is 9.78 Å². The zero-order valence-corrected chi connectivity index (χ0v) is 16.5. The molecule has 1 amide bonds. The van der Waals surface area contributed by atoms with Gasteiger partial charge in [0.25, 0.3) is 5.91 Å². The molecule has 0 unspecified atom stereocenters. The van der Waals surface area contributed by atoms with Crippen molar-refractivity contribution in [2.45, 2.75) is 25.8 Å². The van der Waals surface area contributed by atoms with Gasteiger partial charge in [-0.05, 0) is 55.2 Å². The maximum absolute atomic E-state index is 14.0. The van der Waals surface area contributed by atoms with Crippen LogP contribution in [0.4, 0.5) is 14.5 Å². The van der Waals surface area contributed by atoms with Crippen LogP contribution < -0.4 is 5.32 Å². The number of piperidine rings is 1. The van der Waals surface area contributed by atoms with E-state index in [1.54, 1.807) is 12.1 Å². The summed E-state index contributed by atoms with van der Waals surface area (Å²) in [5.74, 6) is -0.961. The minimum atomic E-state index is -0.420. The minimum Gasteiger partial charge on any atom is -0.380 e. The first-order valence-electron chi connectivity index (χ1n) is 9.58. The van der Waals surface area contributed by atoms with Crippen molar-refractivity contribution in [1.29, 1.82) is 0 Å². The quantitative estimate of drug-likeness (QED) is 0.620. The molecule has 4 nitrogen and oxygen atoms in total. The number of fused-ring (bicyclic) bond motifs is 1. The molecule has 0 atom stereocenters. The van der Waals surface area contributed by atoms with Crippen molar-refractivity contribution >= 4 is 34.1 Å². The van der Waals surface area contributed by atoms with Crippen LogP contribution in [-0.2, 0) is 6.54 Å². The normalized spacial score (nSPS) is 14.2. The highest BCUT2D eigenvalue weighted by molar-refractivity contribution is 6.31. The fourth-order valence-corrected chi connectivity index (χ4v) is 3.87. The molecule has 1 aliphatic rings. The number of aromatic nitrogens is 1. The lowest BCUT2D eigenvalue weighted by atomic mass is 10.1. The van der Waals surface area contributed by atoms with Crippen molar-refractivity contribution in [2.75, 3.05) is 18.4 Å². The Morgan fingerprint density at radius 3 is 2.55 bits per heavy atom. The highest BCUT2D eigenvalue weighted by Gasteiger charge is 2.23. The molecule has 2 aromatic carbocycles. The summed E-state index contributed by atoms with van der Waals surface area (Å²) in [4.78, 5) is 19.3. The van der Waals surface area contributed by atoms with E-state index in [1.807, 2.05) is 4.90 Å². The third kappa shape index (κ3) is 4.17. The molecule has 4 rings (SSSR count). The highest BCUT2D eigenvalue weighted by atomic mass is 35.5. The zero-order chi connectivity index (χ0) is 20.4. The van der Waals surface area contributed by atoms with Gasteiger partial charge in [0, 0.05) is 36.2 Å². The molecule has 1 fully saturated rings. The zero-order valence-electron chi connectivity index (χ0n) is 15.7. The standard InChI is InChI=1S/C22H20ClF2N3O/c23-19-11-16(25)5-4-14(19)12-27-21-17-10-15(24)6-7-20(17)26-13-18(21)22(29)28-8-2-1-3-9-28/h4-7,10-11,13H,1-3,8-9,12H2,(H,26,27). The van der Waals surface area contributed by atoms with Crippen LogP contribution in [0.1, 0.15) is 35.2 Å². The summed E-state index contributed by atoms with van der Waals surface area (Å²) in [5, 5.41) is 4.02. The van der Waals surface area contributed by atoms with Gasteiger partial charge < -0.3 is 10.2 Å². The molecule has 0 saturated carbocycles. The Labute approximate surface area is 172 Å². The molecule has 150 valence electrons. The minimum absolute atomic E-state index is 0.129. The van der Waals surface area contributed by atoms with E-state index in [9.17, 15) is 13.6 Å². The van der Waals surface area contributed by atoms with Gasteiger partial charge in [0.2, 0.25) is 0 Å². The van der Waals surface area contributed by atoms with Crippen molar-refractivity contribution in [1.82, 2.24) is 9.88 Å². The number of hydrogen-bond acceptors (Lipinski definition) is 3. The number of carbonyl (C=O) groups is 1. The molecule has 29 heavy (non-hydrogen) atoms. The van der Waals surface area contributed by atoms with Gasteiger partial charge in [-0.25, -0.2) is 8.78 Å². The third-order valence-electron chi connectivity index (χ3n) is 5.17. The van der Waals surface area contributed by atoms with Gasteiger partial charge in [-0.2, -0.15) is 0 Å². The van der Waals surface area contributed by atoms with E-state index in [-0.39, 0.29) is 17.5 Å². The van der Waals surface area contributed by atoms with Crippen LogP contribution in [0, 0.1) is 11.6 Å². The first kappa shape index (κ1) is 19.6. The summed E-state index contributed by atoms with van der Waals surface area (Å²) in [7, 11) is 0. The van der Waals surface area contributed by atoms with Crippen LogP contribution >= 0.6 is 11.6 Å². The molecule has 3 aromatic rings. The Morgan fingerprint density at radius 1 is 1.07 bits per heavy atom. The van der Waals surface area contributed by atoms with Crippen LogP contribution in [0.25, 0.3) is 10.9 Å². The Morgan fingerprint density at radius 2 is 1.79 bits per heavy atom. The van der Waals surface area contributed by atoms with Gasteiger partial charge in [0.1, 0.15) is 11.6 Å². The van der Waals surface area contributed by atoms with Crippen molar-refractivity contribution in [3.05, 3.63) is 70.4 Å². The van der Waals surface area contributed by atoms with Crippen molar-refractivity contribution in [3.8, 4) is 0 Å². The maximum Gasteiger partial charge on any atom is 0.257 e. The molecular formula is C22H20ClF2N3O. The Hall–Kier alpha value is -2.73. The van der Waals surface area contributed by atoms with E-state index in [4.69, 9.17) is 11.6 Å². The van der Waals surface area contributed by atoms with Crippen LogP contribution in [0.5, 0.6) is 0 Å². The molecule has 7 heteroatoms. The highest BCUT2D eigenvalue weighted by Crippen LogP contribution is 2.30. The molecular weight excluding hydrogens is 396 g/mol.